The molecule has 33 heavy (non-hydrogen) atoms. The van der Waals surface area contributed by atoms with Gasteiger partial charge < -0.3 is 9.94 Å². The highest BCUT2D eigenvalue weighted by molar-refractivity contribution is 5.77. The molecular formula is C20H34F6N2O5. The Morgan fingerprint density at radius 2 is 1.15 bits per heavy atom. The van der Waals surface area contributed by atoms with Crippen molar-refractivity contribution in [1.82, 2.24) is 10.5 Å². The summed E-state index contributed by atoms with van der Waals surface area (Å²) in [4.78, 5) is 31.0. The van der Waals surface area contributed by atoms with Crippen molar-refractivity contribution >= 4 is 11.9 Å². The summed E-state index contributed by atoms with van der Waals surface area (Å²) in [7, 11) is 6.11. The van der Waals surface area contributed by atoms with E-state index in [0.29, 0.717) is 0 Å². The average Bonchev–Trinajstić information content (AvgIpc) is 2.77. The summed E-state index contributed by atoms with van der Waals surface area (Å²) in [5.41, 5.74) is 2.43. The summed E-state index contributed by atoms with van der Waals surface area (Å²) in [6.45, 7) is 0. The van der Waals surface area contributed by atoms with Crippen LogP contribution in [0.5, 0.6) is 0 Å². The minimum absolute atomic E-state index is 0.0391. The van der Waals surface area contributed by atoms with Crippen LogP contribution in [0.2, 0.25) is 0 Å². The number of nitrogens with zero attached hydrogens (tertiary/aromatic N) is 1. The second-order valence-corrected chi connectivity index (χ2v) is 7.95. The summed E-state index contributed by atoms with van der Waals surface area (Å²) >= 11 is 0. The molecule has 0 unspecified atom stereocenters. The molecule has 13 heteroatoms. The van der Waals surface area contributed by atoms with E-state index in [1.165, 1.54) is 14.2 Å². The predicted octanol–water partition coefficient (Wildman–Crippen LogP) is 4.58. The second-order valence-electron chi connectivity index (χ2n) is 7.95. The fraction of sp³-hybridized carbons (Fsp3) is 0.900. The van der Waals surface area contributed by atoms with Crippen molar-refractivity contribution in [2.75, 3.05) is 28.3 Å². The fourth-order valence-corrected chi connectivity index (χ4v) is 3.68. The Labute approximate surface area is 189 Å². The quantitative estimate of drug-likeness (QED) is 0.438. The Morgan fingerprint density at radius 1 is 0.818 bits per heavy atom. The molecule has 0 radical (unpaired) electrons. The lowest BCUT2D eigenvalue weighted by molar-refractivity contribution is -0.191. The third-order valence-corrected chi connectivity index (χ3v) is 5.87. The van der Waals surface area contributed by atoms with Gasteiger partial charge in [-0.3, -0.25) is 14.4 Å². The number of hydrogen-bond donors (Lipinski definition) is 2. The van der Waals surface area contributed by atoms with E-state index in [1.807, 2.05) is 0 Å². The van der Waals surface area contributed by atoms with E-state index in [0.717, 1.165) is 5.06 Å². The van der Waals surface area contributed by atoms with Crippen molar-refractivity contribution < 1.29 is 50.7 Å². The number of hydroxylamine groups is 3. The number of halogens is 6. The van der Waals surface area contributed by atoms with Crippen molar-refractivity contribution in [3.63, 3.8) is 0 Å². The van der Waals surface area contributed by atoms with Crippen molar-refractivity contribution in [2.45, 2.75) is 63.7 Å². The van der Waals surface area contributed by atoms with Crippen molar-refractivity contribution in [3.8, 4) is 0 Å². The highest BCUT2D eigenvalue weighted by Gasteiger charge is 2.43. The van der Waals surface area contributed by atoms with Crippen molar-refractivity contribution in [3.05, 3.63) is 0 Å². The third-order valence-electron chi connectivity index (χ3n) is 5.87. The number of carbonyl (C=O) groups excluding carboxylic acids is 1. The molecule has 0 aromatic rings. The van der Waals surface area contributed by atoms with Gasteiger partial charge in [-0.1, -0.05) is 0 Å². The molecule has 2 saturated carbocycles. The fourth-order valence-electron chi connectivity index (χ4n) is 3.68. The lowest BCUT2D eigenvalue weighted by Crippen LogP contribution is -2.36. The van der Waals surface area contributed by atoms with Gasteiger partial charge in [0.1, 0.15) is 0 Å². The van der Waals surface area contributed by atoms with Crippen molar-refractivity contribution in [1.29, 1.82) is 0 Å². The van der Waals surface area contributed by atoms with Gasteiger partial charge in [-0.25, -0.2) is 10.5 Å². The highest BCUT2D eigenvalue weighted by atomic mass is 19.4. The molecule has 2 N–H and O–H groups in total. The van der Waals surface area contributed by atoms with E-state index < -0.39 is 36.1 Å². The number of aliphatic carboxylic acids is 1. The Morgan fingerprint density at radius 3 is 1.39 bits per heavy atom. The number of carboxylic acids is 1. The molecule has 0 aliphatic heterocycles. The van der Waals surface area contributed by atoms with Gasteiger partial charge in [0.05, 0.1) is 32.0 Å². The van der Waals surface area contributed by atoms with Gasteiger partial charge in [0.2, 0.25) is 5.91 Å². The minimum atomic E-state index is -4.15. The van der Waals surface area contributed by atoms with Crippen LogP contribution in [0, 0.1) is 23.7 Å². The van der Waals surface area contributed by atoms with Gasteiger partial charge in [0, 0.05) is 20.0 Å². The van der Waals surface area contributed by atoms with E-state index in [2.05, 4.69) is 10.3 Å². The molecule has 2 aliphatic rings. The number of nitrogens with one attached hydrogen (secondary N) is 1. The van der Waals surface area contributed by atoms with Crippen LogP contribution in [0.4, 0.5) is 26.3 Å². The molecule has 7 nitrogen and oxygen atoms in total. The van der Waals surface area contributed by atoms with Crippen LogP contribution < -0.4 is 5.48 Å². The van der Waals surface area contributed by atoms with Gasteiger partial charge >= 0.3 is 18.3 Å². The van der Waals surface area contributed by atoms with Crippen LogP contribution in [0.3, 0.4) is 0 Å². The average molecular weight is 496 g/mol. The molecule has 0 bridgehead atoms. The van der Waals surface area contributed by atoms with Crippen molar-refractivity contribution in [2.24, 2.45) is 23.7 Å². The Hall–Kier alpha value is -1.60. The topological polar surface area (TPSA) is 88.1 Å². The van der Waals surface area contributed by atoms with Crippen LogP contribution in [0.1, 0.15) is 51.4 Å². The maximum absolute atomic E-state index is 12.4. The molecule has 0 spiro atoms. The van der Waals surface area contributed by atoms with E-state index in [-0.39, 0.29) is 63.2 Å². The molecule has 2 fully saturated rings. The number of carboxylic acid groups (broad SMARTS) is 1. The van der Waals surface area contributed by atoms with Gasteiger partial charge in [0.15, 0.2) is 0 Å². The number of alkyl halides is 6. The van der Waals surface area contributed by atoms with E-state index >= 15 is 0 Å². The summed E-state index contributed by atoms with van der Waals surface area (Å²) in [5, 5.41) is 9.63. The number of amides is 1. The van der Waals surface area contributed by atoms with Crippen LogP contribution in [0.15, 0.2) is 0 Å². The molecule has 0 aromatic heterocycles. The number of carbonyl (C=O) groups is 2. The molecule has 2 aliphatic carbocycles. The predicted molar refractivity (Wildman–Crippen MR) is 106 cm³/mol. The SMILES string of the molecule is CNOC.CON(C)C(=O)C1CCC(C(F)(F)F)CC1.O=C(O)C1CCC(C(F)(F)F)CC1. The van der Waals surface area contributed by atoms with E-state index in [9.17, 15) is 35.9 Å². The van der Waals surface area contributed by atoms with Gasteiger partial charge in [-0.2, -0.15) is 26.3 Å². The van der Waals surface area contributed by atoms with Crippen LogP contribution in [0.25, 0.3) is 0 Å². The third kappa shape index (κ3) is 11.9. The van der Waals surface area contributed by atoms with Crippen LogP contribution in [-0.2, 0) is 19.3 Å². The zero-order valence-corrected chi connectivity index (χ0v) is 19.3. The standard InChI is InChI=1S/C10H16F3NO2.C8H11F3O2.C2H7NO/c1-14(16-2)9(15)7-3-5-8(6-4-7)10(11,12)13;9-8(10,11)6-3-1-5(2-4-6)7(12)13;1-3-4-2/h7-8H,3-6H2,1-2H3;5-6H,1-4H2,(H,12,13);3H,1-2H3. The summed E-state index contributed by atoms with van der Waals surface area (Å²) in [6.07, 6.45) is -7.40. The first-order valence-corrected chi connectivity index (χ1v) is 10.6. The highest BCUT2D eigenvalue weighted by Crippen LogP contribution is 2.40. The first-order chi connectivity index (χ1) is 15.2. The summed E-state index contributed by atoms with van der Waals surface area (Å²) in [6, 6.07) is 0. The normalized spacial score (nSPS) is 25.6. The lowest BCUT2D eigenvalue weighted by atomic mass is 9.81. The van der Waals surface area contributed by atoms with E-state index in [4.69, 9.17) is 9.94 Å². The molecule has 2 rings (SSSR count). The lowest BCUT2D eigenvalue weighted by Gasteiger charge is -2.30. The Kier molecular flexibility index (Phi) is 13.9. The van der Waals surface area contributed by atoms with E-state index in [1.54, 1.807) is 14.2 Å². The number of rotatable bonds is 4. The molecule has 196 valence electrons. The maximum atomic E-state index is 12.4. The van der Waals surface area contributed by atoms with Crippen LogP contribution >= 0.6 is 0 Å². The smallest absolute Gasteiger partial charge is 0.391 e. The van der Waals surface area contributed by atoms with Gasteiger partial charge in [-0.15, -0.1) is 0 Å². The summed E-state index contributed by atoms with van der Waals surface area (Å²) in [5.74, 6) is -4.64. The maximum Gasteiger partial charge on any atom is 0.391 e. The zero-order valence-electron chi connectivity index (χ0n) is 19.3. The largest absolute Gasteiger partial charge is 0.481 e. The first kappa shape index (κ1) is 31.4. The van der Waals surface area contributed by atoms with Crippen LogP contribution in [-0.4, -0.2) is 62.7 Å². The number of hydrogen-bond acceptors (Lipinski definition) is 5. The molecule has 0 saturated heterocycles. The Bertz CT molecular complexity index is 570. The first-order valence-electron chi connectivity index (χ1n) is 10.6. The van der Waals surface area contributed by atoms with Gasteiger partial charge in [-0.05, 0) is 51.4 Å². The molecule has 0 aromatic carbocycles. The minimum Gasteiger partial charge on any atom is -0.481 e. The molecule has 0 heterocycles. The molecular weight excluding hydrogens is 462 g/mol. The Balaban J connectivity index is 0.000000542. The van der Waals surface area contributed by atoms with Gasteiger partial charge in [0.25, 0.3) is 0 Å². The molecule has 1 amide bonds. The monoisotopic (exact) mass is 496 g/mol. The second kappa shape index (κ2) is 14.6. The summed E-state index contributed by atoms with van der Waals surface area (Å²) < 4.78 is 73.5. The molecule has 0 atom stereocenters. The zero-order chi connectivity index (χ0) is 25.8.